The first-order chi connectivity index (χ1) is 12.7. The molecule has 2 aromatic carbocycles. The van der Waals surface area contributed by atoms with Crippen molar-refractivity contribution < 1.29 is 14.6 Å². The number of amides is 1. The number of nitrogens with zero attached hydrogens (tertiary/aromatic N) is 2. The number of hydrogen-bond acceptors (Lipinski definition) is 4. The molecule has 0 spiro atoms. The first-order valence-electron chi connectivity index (χ1n) is 9.13. The Hall–Kier alpha value is -2.37. The largest absolute Gasteiger partial charge is 0.492 e. The van der Waals surface area contributed by atoms with Gasteiger partial charge in [-0.2, -0.15) is 0 Å². The van der Waals surface area contributed by atoms with Crippen LogP contribution in [0.4, 0.5) is 5.69 Å². The third-order valence-corrected chi connectivity index (χ3v) is 5.20. The van der Waals surface area contributed by atoms with Gasteiger partial charge in [0.1, 0.15) is 12.4 Å². The number of aliphatic hydroxyl groups is 1. The van der Waals surface area contributed by atoms with E-state index in [4.69, 9.17) is 4.74 Å². The van der Waals surface area contributed by atoms with E-state index in [0.717, 1.165) is 29.0 Å². The molecule has 2 aromatic rings. The van der Waals surface area contributed by atoms with Crippen molar-refractivity contribution in [3.63, 3.8) is 0 Å². The molecule has 1 N–H and O–H groups in total. The summed E-state index contributed by atoms with van der Waals surface area (Å²) in [6.45, 7) is 4.40. The first-order valence-corrected chi connectivity index (χ1v) is 9.13. The van der Waals surface area contributed by atoms with Crippen molar-refractivity contribution in [2.24, 2.45) is 0 Å². The van der Waals surface area contributed by atoms with Crippen molar-refractivity contribution in [3.05, 3.63) is 59.2 Å². The second kappa shape index (κ2) is 7.09. The van der Waals surface area contributed by atoms with E-state index >= 15 is 0 Å². The van der Waals surface area contributed by atoms with Gasteiger partial charge in [-0.1, -0.05) is 24.3 Å². The summed E-state index contributed by atoms with van der Waals surface area (Å²) in [7, 11) is 0. The van der Waals surface area contributed by atoms with Gasteiger partial charge in [-0.25, -0.2) is 0 Å². The van der Waals surface area contributed by atoms with E-state index in [-0.39, 0.29) is 18.6 Å². The minimum atomic E-state index is 0.00822. The van der Waals surface area contributed by atoms with Crippen molar-refractivity contribution in [2.45, 2.75) is 32.5 Å². The summed E-state index contributed by atoms with van der Waals surface area (Å²) in [4.78, 5) is 17.1. The van der Waals surface area contributed by atoms with E-state index in [0.29, 0.717) is 26.2 Å². The number of benzene rings is 2. The van der Waals surface area contributed by atoms with Crippen LogP contribution in [0.15, 0.2) is 42.5 Å². The normalized spacial score (nSPS) is 19.5. The van der Waals surface area contributed by atoms with Gasteiger partial charge >= 0.3 is 0 Å². The number of anilines is 1. The highest BCUT2D eigenvalue weighted by Crippen LogP contribution is 2.32. The van der Waals surface area contributed by atoms with Gasteiger partial charge in [0.15, 0.2) is 0 Å². The van der Waals surface area contributed by atoms with Crippen molar-refractivity contribution >= 4 is 11.6 Å². The highest BCUT2D eigenvalue weighted by Gasteiger charge is 2.31. The van der Waals surface area contributed by atoms with E-state index < -0.39 is 0 Å². The smallest absolute Gasteiger partial charge is 0.241 e. The molecule has 2 aliphatic rings. The van der Waals surface area contributed by atoms with Crippen molar-refractivity contribution in [1.82, 2.24) is 4.90 Å². The third kappa shape index (κ3) is 3.20. The minimum absolute atomic E-state index is 0.00822. The van der Waals surface area contributed by atoms with Gasteiger partial charge in [0, 0.05) is 30.4 Å². The average Bonchev–Trinajstić information content (AvgIpc) is 2.84. The second-order valence-electron chi connectivity index (χ2n) is 7.10. The molecule has 2 aliphatic heterocycles. The van der Waals surface area contributed by atoms with Crippen LogP contribution in [0.25, 0.3) is 0 Å². The number of carbonyl (C=O) groups is 1. The predicted octanol–water partition coefficient (Wildman–Crippen LogP) is 2.35. The number of aliphatic hydroxyl groups excluding tert-OH is 1. The molecule has 0 aliphatic carbocycles. The standard InChI is InChI=1S/C21H24N2O3/c1-15-10-17-4-2-3-5-19(17)23(15)21(25)13-22-8-9-26-20-7-6-16(14-24)11-18(20)12-22/h2-7,11,15,24H,8-10,12-14H2,1H3/t15-/m0/s1. The molecule has 0 saturated carbocycles. The Kier molecular flexibility index (Phi) is 4.66. The molecule has 1 atom stereocenters. The monoisotopic (exact) mass is 352 g/mol. The van der Waals surface area contributed by atoms with Gasteiger partial charge in [0.2, 0.25) is 5.91 Å². The molecule has 26 heavy (non-hydrogen) atoms. The highest BCUT2D eigenvalue weighted by atomic mass is 16.5. The SMILES string of the molecule is C[C@H]1Cc2ccccc2N1C(=O)CN1CCOc2ccc(CO)cc2C1. The molecule has 0 bridgehead atoms. The fourth-order valence-electron chi connectivity index (χ4n) is 3.95. The van der Waals surface area contributed by atoms with Crippen LogP contribution in [0.2, 0.25) is 0 Å². The lowest BCUT2D eigenvalue weighted by Crippen LogP contribution is -2.43. The zero-order valence-corrected chi connectivity index (χ0v) is 15.0. The summed E-state index contributed by atoms with van der Waals surface area (Å²) in [6.07, 6.45) is 0.910. The maximum absolute atomic E-state index is 13.0. The number of rotatable bonds is 3. The molecule has 136 valence electrons. The lowest BCUT2D eigenvalue weighted by Gasteiger charge is -2.26. The van der Waals surface area contributed by atoms with Gasteiger partial charge in [-0.3, -0.25) is 9.69 Å². The fourth-order valence-corrected chi connectivity index (χ4v) is 3.95. The summed E-state index contributed by atoms with van der Waals surface area (Å²) < 4.78 is 5.81. The molecule has 4 rings (SSSR count). The molecule has 5 nitrogen and oxygen atoms in total. The zero-order valence-electron chi connectivity index (χ0n) is 15.0. The van der Waals surface area contributed by atoms with Crippen LogP contribution >= 0.6 is 0 Å². The maximum Gasteiger partial charge on any atom is 0.241 e. The Morgan fingerprint density at radius 3 is 2.92 bits per heavy atom. The van der Waals surface area contributed by atoms with Gasteiger partial charge < -0.3 is 14.7 Å². The quantitative estimate of drug-likeness (QED) is 0.921. The lowest BCUT2D eigenvalue weighted by molar-refractivity contribution is -0.120. The summed E-state index contributed by atoms with van der Waals surface area (Å²) in [5, 5.41) is 9.37. The average molecular weight is 352 g/mol. The predicted molar refractivity (Wildman–Crippen MR) is 100 cm³/mol. The molecule has 0 aromatic heterocycles. The Labute approximate surface area is 153 Å². The summed E-state index contributed by atoms with van der Waals surface area (Å²) >= 11 is 0. The van der Waals surface area contributed by atoms with E-state index in [1.807, 2.05) is 41.3 Å². The van der Waals surface area contributed by atoms with E-state index in [2.05, 4.69) is 17.9 Å². The third-order valence-electron chi connectivity index (χ3n) is 5.20. The Bertz CT molecular complexity index is 821. The molecular weight excluding hydrogens is 328 g/mol. The Morgan fingerprint density at radius 2 is 2.08 bits per heavy atom. The highest BCUT2D eigenvalue weighted by molar-refractivity contribution is 5.97. The van der Waals surface area contributed by atoms with Crippen LogP contribution in [0, 0.1) is 0 Å². The molecule has 0 fully saturated rings. The molecule has 5 heteroatoms. The number of fused-ring (bicyclic) bond motifs is 2. The van der Waals surface area contributed by atoms with Gasteiger partial charge in [-0.05, 0) is 42.7 Å². The van der Waals surface area contributed by atoms with Crippen LogP contribution < -0.4 is 9.64 Å². The molecule has 0 saturated heterocycles. The molecule has 0 unspecified atom stereocenters. The summed E-state index contributed by atoms with van der Waals surface area (Å²) in [5.74, 6) is 0.973. The number of para-hydroxylation sites is 1. The summed E-state index contributed by atoms with van der Waals surface area (Å²) in [6, 6.07) is 14.1. The Morgan fingerprint density at radius 1 is 1.23 bits per heavy atom. The van der Waals surface area contributed by atoms with Gasteiger partial charge in [0.25, 0.3) is 0 Å². The molecule has 0 radical (unpaired) electrons. The van der Waals surface area contributed by atoms with Crippen LogP contribution in [0.3, 0.4) is 0 Å². The van der Waals surface area contributed by atoms with E-state index in [1.165, 1.54) is 5.56 Å². The Balaban J connectivity index is 1.51. The molecule has 2 heterocycles. The first kappa shape index (κ1) is 17.1. The van der Waals surface area contributed by atoms with Crippen LogP contribution in [-0.2, 0) is 24.4 Å². The minimum Gasteiger partial charge on any atom is -0.492 e. The van der Waals surface area contributed by atoms with E-state index in [9.17, 15) is 9.90 Å². The lowest BCUT2D eigenvalue weighted by atomic mass is 10.1. The van der Waals surface area contributed by atoms with Gasteiger partial charge in [0.05, 0.1) is 13.2 Å². The zero-order chi connectivity index (χ0) is 18.1. The fraction of sp³-hybridized carbons (Fsp3) is 0.381. The van der Waals surface area contributed by atoms with Crippen molar-refractivity contribution in [1.29, 1.82) is 0 Å². The molecular formula is C21H24N2O3. The number of hydrogen-bond donors (Lipinski definition) is 1. The molecule has 1 amide bonds. The topological polar surface area (TPSA) is 53.0 Å². The van der Waals surface area contributed by atoms with Crippen molar-refractivity contribution in [3.8, 4) is 5.75 Å². The van der Waals surface area contributed by atoms with Crippen LogP contribution in [-0.4, -0.2) is 41.7 Å². The number of ether oxygens (including phenoxy) is 1. The van der Waals surface area contributed by atoms with Gasteiger partial charge in [-0.15, -0.1) is 0 Å². The van der Waals surface area contributed by atoms with Crippen molar-refractivity contribution in [2.75, 3.05) is 24.6 Å². The van der Waals surface area contributed by atoms with Crippen LogP contribution in [0.5, 0.6) is 5.75 Å². The number of carbonyl (C=O) groups excluding carboxylic acids is 1. The van der Waals surface area contributed by atoms with Crippen LogP contribution in [0.1, 0.15) is 23.6 Å². The summed E-state index contributed by atoms with van der Waals surface area (Å²) in [5.41, 5.74) is 4.17. The maximum atomic E-state index is 13.0. The second-order valence-corrected chi connectivity index (χ2v) is 7.10. The van der Waals surface area contributed by atoms with E-state index in [1.54, 1.807) is 0 Å².